The fourth-order valence-electron chi connectivity index (χ4n) is 0.605. The zero-order chi connectivity index (χ0) is 7.72. The van der Waals surface area contributed by atoms with E-state index >= 15 is 0 Å². The summed E-state index contributed by atoms with van der Waals surface area (Å²) in [6, 6.07) is 1.88. The third kappa shape index (κ3) is 0.866. The Morgan fingerprint density at radius 2 is 2.40 bits per heavy atom. The van der Waals surface area contributed by atoms with Crippen molar-refractivity contribution in [3.63, 3.8) is 0 Å². The molecule has 52 valence electrons. The normalized spacial score (nSPS) is 9.30. The highest BCUT2D eigenvalue weighted by Gasteiger charge is 2.10. The third-order valence-electron chi connectivity index (χ3n) is 1.08. The summed E-state index contributed by atoms with van der Waals surface area (Å²) in [5.41, 5.74) is 0.317. The third-order valence-corrected chi connectivity index (χ3v) is 1.81. The van der Waals surface area contributed by atoms with Crippen LogP contribution in [-0.2, 0) is 7.05 Å². The molecular weight excluding hydrogens is 198 g/mol. The van der Waals surface area contributed by atoms with E-state index in [1.54, 1.807) is 7.05 Å². The minimum absolute atomic E-state index is 0.154. The molecule has 1 aromatic rings. The fraction of sp³-hybridized carbons (Fsp3) is 0.200. The standard InChI is InChI=1S/C5H4BrN3O/c1-9-3(2-7)4(6)5(10)8-9/h1H3,(H,8,10). The molecule has 10 heavy (non-hydrogen) atoms. The molecule has 1 rings (SSSR count). The van der Waals surface area contributed by atoms with Gasteiger partial charge in [0, 0.05) is 7.05 Å². The van der Waals surface area contributed by atoms with Gasteiger partial charge in [-0.2, -0.15) is 5.26 Å². The second-order valence-corrected chi connectivity index (χ2v) is 2.51. The molecule has 0 bridgehead atoms. The van der Waals surface area contributed by atoms with Crippen LogP contribution in [0, 0.1) is 11.3 Å². The Bertz CT molecular complexity index is 299. The molecule has 0 aromatic carbocycles. The van der Waals surface area contributed by atoms with Crippen LogP contribution in [0.2, 0.25) is 0 Å². The van der Waals surface area contributed by atoms with Crippen LogP contribution in [0.25, 0.3) is 0 Å². The minimum atomic E-state index is -0.154. The van der Waals surface area contributed by atoms with Gasteiger partial charge < -0.3 is 5.11 Å². The van der Waals surface area contributed by atoms with E-state index in [-0.39, 0.29) is 5.88 Å². The molecule has 0 aliphatic heterocycles. The SMILES string of the molecule is Cn1nc(O)c(Br)c1C#N. The smallest absolute Gasteiger partial charge is 0.246 e. The molecule has 0 aliphatic rings. The van der Waals surface area contributed by atoms with E-state index in [1.165, 1.54) is 4.68 Å². The number of aryl methyl sites for hydroxylation is 1. The fourth-order valence-corrected chi connectivity index (χ4v) is 1.03. The molecule has 0 unspecified atom stereocenters. The first-order valence-corrected chi connectivity index (χ1v) is 3.27. The van der Waals surface area contributed by atoms with Crippen molar-refractivity contribution in [2.75, 3.05) is 0 Å². The van der Waals surface area contributed by atoms with E-state index in [9.17, 15) is 0 Å². The van der Waals surface area contributed by atoms with Gasteiger partial charge in [0.1, 0.15) is 10.5 Å². The van der Waals surface area contributed by atoms with E-state index in [2.05, 4.69) is 21.0 Å². The maximum atomic E-state index is 8.92. The Balaban J connectivity index is 3.37. The van der Waals surface area contributed by atoms with Crippen LogP contribution in [0.3, 0.4) is 0 Å². The van der Waals surface area contributed by atoms with Crippen LogP contribution in [0.5, 0.6) is 5.88 Å². The molecule has 0 atom stereocenters. The van der Waals surface area contributed by atoms with Crippen molar-refractivity contribution in [3.05, 3.63) is 10.2 Å². The van der Waals surface area contributed by atoms with Crippen LogP contribution in [0.4, 0.5) is 0 Å². The molecule has 5 heteroatoms. The summed E-state index contributed by atoms with van der Waals surface area (Å²) in [7, 11) is 1.59. The molecule has 1 aromatic heterocycles. The first-order valence-electron chi connectivity index (χ1n) is 2.48. The van der Waals surface area contributed by atoms with E-state index in [4.69, 9.17) is 10.4 Å². The lowest BCUT2D eigenvalue weighted by atomic mass is 10.5. The predicted molar refractivity (Wildman–Crippen MR) is 37.3 cm³/mol. The molecule has 0 spiro atoms. The van der Waals surface area contributed by atoms with Crippen molar-refractivity contribution >= 4 is 15.9 Å². The van der Waals surface area contributed by atoms with Crippen LogP contribution in [-0.4, -0.2) is 14.9 Å². The summed E-state index contributed by atoms with van der Waals surface area (Å²) in [6.07, 6.45) is 0. The first kappa shape index (κ1) is 7.09. The van der Waals surface area contributed by atoms with Crippen molar-refractivity contribution in [2.24, 2.45) is 7.05 Å². The molecule has 4 nitrogen and oxygen atoms in total. The highest BCUT2D eigenvalue weighted by atomic mass is 79.9. The topological polar surface area (TPSA) is 61.8 Å². The first-order chi connectivity index (χ1) is 4.66. The van der Waals surface area contributed by atoms with Gasteiger partial charge in [0.25, 0.3) is 0 Å². The number of rotatable bonds is 0. The zero-order valence-electron chi connectivity index (χ0n) is 5.17. The summed E-state index contributed by atoms with van der Waals surface area (Å²) >= 11 is 3.01. The molecule has 0 fully saturated rings. The number of hydrogen-bond acceptors (Lipinski definition) is 3. The molecule has 0 amide bonds. The molecule has 1 heterocycles. The van der Waals surface area contributed by atoms with E-state index < -0.39 is 0 Å². The zero-order valence-corrected chi connectivity index (χ0v) is 6.75. The molecule has 1 N–H and O–H groups in total. The van der Waals surface area contributed by atoms with Crippen molar-refractivity contribution in [1.82, 2.24) is 9.78 Å². The highest BCUT2D eigenvalue weighted by Crippen LogP contribution is 2.24. The molecule has 0 saturated carbocycles. The Labute approximate surface area is 65.8 Å². The number of nitrogens with zero attached hydrogens (tertiary/aromatic N) is 3. The van der Waals surface area contributed by atoms with Crippen molar-refractivity contribution in [1.29, 1.82) is 5.26 Å². The number of nitriles is 1. The Hall–Kier alpha value is -1.02. The van der Waals surface area contributed by atoms with Crippen molar-refractivity contribution in [3.8, 4) is 11.9 Å². The summed E-state index contributed by atoms with van der Waals surface area (Å²) in [4.78, 5) is 0. The lowest BCUT2D eigenvalue weighted by Gasteiger charge is -1.85. The Morgan fingerprint density at radius 1 is 1.80 bits per heavy atom. The maximum absolute atomic E-state index is 8.92. The lowest BCUT2D eigenvalue weighted by Crippen LogP contribution is -1.92. The van der Waals surface area contributed by atoms with Crippen LogP contribution >= 0.6 is 15.9 Å². The Morgan fingerprint density at radius 3 is 2.60 bits per heavy atom. The quantitative estimate of drug-likeness (QED) is 0.675. The van der Waals surface area contributed by atoms with Gasteiger partial charge in [-0.3, -0.25) is 4.68 Å². The van der Waals surface area contributed by atoms with E-state index in [0.717, 1.165) is 0 Å². The van der Waals surface area contributed by atoms with Crippen molar-refractivity contribution in [2.45, 2.75) is 0 Å². The van der Waals surface area contributed by atoms with Crippen LogP contribution in [0.1, 0.15) is 5.69 Å². The van der Waals surface area contributed by atoms with Gasteiger partial charge in [0.05, 0.1) is 0 Å². The number of aromatic nitrogens is 2. The van der Waals surface area contributed by atoms with Crippen molar-refractivity contribution < 1.29 is 5.11 Å². The van der Waals surface area contributed by atoms with Crippen LogP contribution in [0.15, 0.2) is 4.47 Å². The van der Waals surface area contributed by atoms with E-state index in [1.807, 2.05) is 6.07 Å². The second kappa shape index (κ2) is 2.31. The van der Waals surface area contributed by atoms with Crippen LogP contribution < -0.4 is 0 Å². The largest absolute Gasteiger partial charge is 0.491 e. The summed E-state index contributed by atoms with van der Waals surface area (Å²) < 4.78 is 1.65. The Kier molecular flexibility index (Phi) is 1.64. The second-order valence-electron chi connectivity index (χ2n) is 1.72. The van der Waals surface area contributed by atoms with Gasteiger partial charge in [-0.05, 0) is 15.9 Å². The number of aromatic hydroxyl groups is 1. The number of hydrogen-bond donors (Lipinski definition) is 1. The van der Waals surface area contributed by atoms with Gasteiger partial charge in [-0.15, -0.1) is 5.10 Å². The number of halogens is 1. The van der Waals surface area contributed by atoms with Gasteiger partial charge in [-0.1, -0.05) is 0 Å². The summed E-state index contributed by atoms with van der Waals surface area (Å²) in [6.45, 7) is 0. The minimum Gasteiger partial charge on any atom is -0.491 e. The average molecular weight is 202 g/mol. The maximum Gasteiger partial charge on any atom is 0.246 e. The van der Waals surface area contributed by atoms with Gasteiger partial charge in [-0.25, -0.2) is 0 Å². The molecule has 0 aliphatic carbocycles. The lowest BCUT2D eigenvalue weighted by molar-refractivity contribution is 0.441. The van der Waals surface area contributed by atoms with E-state index in [0.29, 0.717) is 10.2 Å². The average Bonchev–Trinajstić information content (AvgIpc) is 2.09. The molecular formula is C5H4BrN3O. The van der Waals surface area contributed by atoms with Gasteiger partial charge in [0.2, 0.25) is 5.88 Å². The van der Waals surface area contributed by atoms with Gasteiger partial charge in [0.15, 0.2) is 5.69 Å². The summed E-state index contributed by atoms with van der Waals surface area (Å²) in [5.74, 6) is -0.154. The molecule has 0 radical (unpaired) electrons. The monoisotopic (exact) mass is 201 g/mol. The predicted octanol–water partition coefficient (Wildman–Crippen LogP) is 0.760. The van der Waals surface area contributed by atoms with Gasteiger partial charge >= 0.3 is 0 Å². The highest BCUT2D eigenvalue weighted by molar-refractivity contribution is 9.10. The molecule has 0 saturated heterocycles. The summed E-state index contributed by atoms with van der Waals surface area (Å²) in [5, 5.41) is 21.0.